The van der Waals surface area contributed by atoms with Crippen LogP contribution in [-0.2, 0) is 6.42 Å². The van der Waals surface area contributed by atoms with Crippen LogP contribution in [0.15, 0.2) is 46.9 Å². The number of rotatable bonds is 3. The summed E-state index contributed by atoms with van der Waals surface area (Å²) in [4.78, 5) is 0. The van der Waals surface area contributed by atoms with E-state index in [1.54, 1.807) is 12.1 Å². The second kappa shape index (κ2) is 6.07. The summed E-state index contributed by atoms with van der Waals surface area (Å²) in [5.74, 6) is 0. The van der Waals surface area contributed by atoms with Crippen molar-refractivity contribution in [1.82, 2.24) is 0 Å². The third-order valence-electron chi connectivity index (χ3n) is 2.68. The fourth-order valence-electron chi connectivity index (χ4n) is 1.70. The molecule has 0 aliphatic heterocycles. The molecule has 0 aromatic heterocycles. The largest absolute Gasteiger partial charge is 0.388 e. The van der Waals surface area contributed by atoms with E-state index < -0.39 is 6.10 Å². The molecule has 0 heterocycles. The minimum absolute atomic E-state index is 0.480. The Morgan fingerprint density at radius 3 is 2.33 bits per heavy atom. The van der Waals surface area contributed by atoms with E-state index in [1.165, 1.54) is 0 Å². The molecule has 18 heavy (non-hydrogen) atoms. The molecule has 1 nitrogen and oxygen atoms in total. The molecule has 1 atom stereocenters. The van der Waals surface area contributed by atoms with Crippen LogP contribution in [0.4, 0.5) is 0 Å². The van der Waals surface area contributed by atoms with Crippen LogP contribution in [0, 0.1) is 0 Å². The Hall–Kier alpha value is -0.540. The van der Waals surface area contributed by atoms with Gasteiger partial charge in [-0.1, -0.05) is 57.3 Å². The van der Waals surface area contributed by atoms with Gasteiger partial charge in [0.2, 0.25) is 0 Å². The molecule has 0 saturated heterocycles. The number of aliphatic hydroxyl groups is 1. The van der Waals surface area contributed by atoms with Crippen molar-refractivity contribution in [3.05, 3.63) is 68.1 Å². The number of hydrogen-bond acceptors (Lipinski definition) is 1. The van der Waals surface area contributed by atoms with Gasteiger partial charge in [0.25, 0.3) is 0 Å². The summed E-state index contributed by atoms with van der Waals surface area (Å²) in [6, 6.07) is 12.8. The molecule has 2 aromatic rings. The Bertz CT molecular complexity index is 540. The maximum atomic E-state index is 10.1. The summed E-state index contributed by atoms with van der Waals surface area (Å²) in [6.45, 7) is 0. The van der Waals surface area contributed by atoms with E-state index in [1.807, 2.05) is 30.3 Å². The molecular formula is C14H11BrCl2O. The molecule has 1 unspecified atom stereocenters. The van der Waals surface area contributed by atoms with Crippen LogP contribution < -0.4 is 0 Å². The number of halogens is 3. The first-order chi connectivity index (χ1) is 8.56. The van der Waals surface area contributed by atoms with Crippen LogP contribution in [0.3, 0.4) is 0 Å². The first kappa shape index (κ1) is 13.9. The minimum atomic E-state index is -0.582. The van der Waals surface area contributed by atoms with Crippen LogP contribution in [0.5, 0.6) is 0 Å². The summed E-state index contributed by atoms with van der Waals surface area (Å²) < 4.78 is 0.928. The lowest BCUT2D eigenvalue weighted by Crippen LogP contribution is -2.02. The zero-order chi connectivity index (χ0) is 13.1. The SMILES string of the molecule is OC(Cc1ccc(Br)cc1Cl)c1ccc(Cl)cc1. The van der Waals surface area contributed by atoms with Gasteiger partial charge in [-0.15, -0.1) is 0 Å². The quantitative estimate of drug-likeness (QED) is 0.826. The van der Waals surface area contributed by atoms with E-state index in [9.17, 15) is 5.11 Å². The monoisotopic (exact) mass is 344 g/mol. The third kappa shape index (κ3) is 3.48. The molecule has 0 aliphatic carbocycles. The molecule has 0 radical (unpaired) electrons. The number of hydrogen-bond donors (Lipinski definition) is 1. The van der Waals surface area contributed by atoms with E-state index in [0.29, 0.717) is 16.5 Å². The summed E-state index contributed by atoms with van der Waals surface area (Å²) in [7, 11) is 0. The Kier molecular flexibility index (Phi) is 4.68. The number of aliphatic hydroxyl groups excluding tert-OH is 1. The van der Waals surface area contributed by atoms with E-state index >= 15 is 0 Å². The molecule has 1 N–H and O–H groups in total. The van der Waals surface area contributed by atoms with Crippen molar-refractivity contribution >= 4 is 39.1 Å². The Balaban J connectivity index is 2.15. The maximum absolute atomic E-state index is 10.1. The topological polar surface area (TPSA) is 20.2 Å². The van der Waals surface area contributed by atoms with Gasteiger partial charge in [0.1, 0.15) is 0 Å². The van der Waals surface area contributed by atoms with Gasteiger partial charge < -0.3 is 5.11 Å². The lowest BCUT2D eigenvalue weighted by atomic mass is 10.0. The van der Waals surface area contributed by atoms with Gasteiger partial charge in [0, 0.05) is 20.9 Å². The Morgan fingerprint density at radius 2 is 1.72 bits per heavy atom. The summed E-state index contributed by atoms with van der Waals surface area (Å²) >= 11 is 15.3. The van der Waals surface area contributed by atoms with Crippen LogP contribution in [-0.4, -0.2) is 5.11 Å². The molecule has 2 rings (SSSR count). The van der Waals surface area contributed by atoms with Crippen molar-refractivity contribution in [3.63, 3.8) is 0 Å². The first-order valence-electron chi connectivity index (χ1n) is 5.44. The average Bonchev–Trinajstić information content (AvgIpc) is 2.33. The molecule has 2 aromatic carbocycles. The molecule has 0 spiro atoms. The van der Waals surface area contributed by atoms with Crippen molar-refractivity contribution < 1.29 is 5.11 Å². The predicted molar refractivity (Wildman–Crippen MR) is 79.3 cm³/mol. The van der Waals surface area contributed by atoms with Gasteiger partial charge in [-0.25, -0.2) is 0 Å². The van der Waals surface area contributed by atoms with Gasteiger partial charge in [0.15, 0.2) is 0 Å². The van der Waals surface area contributed by atoms with E-state index in [2.05, 4.69) is 15.9 Å². The molecule has 0 amide bonds. The van der Waals surface area contributed by atoms with Gasteiger partial charge in [-0.3, -0.25) is 0 Å². The van der Waals surface area contributed by atoms with Crippen molar-refractivity contribution in [1.29, 1.82) is 0 Å². The lowest BCUT2D eigenvalue weighted by molar-refractivity contribution is 0.178. The summed E-state index contributed by atoms with van der Waals surface area (Å²) in [6.07, 6.45) is -0.103. The van der Waals surface area contributed by atoms with Crippen molar-refractivity contribution in [2.45, 2.75) is 12.5 Å². The predicted octanol–water partition coefficient (Wildman–Crippen LogP) is 5.03. The van der Waals surface area contributed by atoms with Crippen LogP contribution in [0.25, 0.3) is 0 Å². The minimum Gasteiger partial charge on any atom is -0.388 e. The van der Waals surface area contributed by atoms with Gasteiger partial charge in [-0.05, 0) is 35.4 Å². The standard InChI is InChI=1S/C14H11BrCl2O/c15-11-4-1-10(13(17)8-11)7-14(18)9-2-5-12(16)6-3-9/h1-6,8,14,18H,7H2. The molecule has 94 valence electrons. The van der Waals surface area contributed by atoms with Crippen LogP contribution in [0.2, 0.25) is 10.0 Å². The second-order valence-corrected chi connectivity index (χ2v) is 5.77. The highest BCUT2D eigenvalue weighted by atomic mass is 79.9. The second-order valence-electron chi connectivity index (χ2n) is 4.01. The number of benzene rings is 2. The normalized spacial score (nSPS) is 12.4. The Morgan fingerprint density at radius 1 is 1.06 bits per heavy atom. The summed E-state index contributed by atoms with van der Waals surface area (Å²) in [5, 5.41) is 11.5. The van der Waals surface area contributed by atoms with Gasteiger partial charge >= 0.3 is 0 Å². The highest BCUT2D eigenvalue weighted by molar-refractivity contribution is 9.10. The summed E-state index contributed by atoms with van der Waals surface area (Å²) in [5.41, 5.74) is 1.75. The van der Waals surface area contributed by atoms with Crippen molar-refractivity contribution in [2.75, 3.05) is 0 Å². The van der Waals surface area contributed by atoms with Crippen LogP contribution >= 0.6 is 39.1 Å². The smallest absolute Gasteiger partial charge is 0.0830 e. The van der Waals surface area contributed by atoms with Gasteiger partial charge in [0.05, 0.1) is 6.10 Å². The van der Waals surface area contributed by atoms with Crippen molar-refractivity contribution in [3.8, 4) is 0 Å². The fourth-order valence-corrected chi connectivity index (χ4v) is 2.57. The van der Waals surface area contributed by atoms with Crippen molar-refractivity contribution in [2.24, 2.45) is 0 Å². The molecule has 0 fully saturated rings. The molecule has 0 saturated carbocycles. The van der Waals surface area contributed by atoms with Crippen LogP contribution in [0.1, 0.15) is 17.2 Å². The highest BCUT2D eigenvalue weighted by Crippen LogP contribution is 2.26. The molecular weight excluding hydrogens is 335 g/mol. The first-order valence-corrected chi connectivity index (χ1v) is 6.98. The molecule has 0 bridgehead atoms. The van der Waals surface area contributed by atoms with E-state index in [4.69, 9.17) is 23.2 Å². The fraction of sp³-hybridized carbons (Fsp3) is 0.143. The van der Waals surface area contributed by atoms with Gasteiger partial charge in [-0.2, -0.15) is 0 Å². The maximum Gasteiger partial charge on any atom is 0.0830 e. The Labute approximate surface area is 124 Å². The third-order valence-corrected chi connectivity index (χ3v) is 3.78. The zero-order valence-corrected chi connectivity index (χ0v) is 12.5. The van der Waals surface area contributed by atoms with E-state index in [0.717, 1.165) is 15.6 Å². The highest BCUT2D eigenvalue weighted by Gasteiger charge is 2.11. The molecule has 0 aliphatic rings. The average molecular weight is 346 g/mol. The van der Waals surface area contributed by atoms with E-state index in [-0.39, 0.29) is 0 Å². The lowest BCUT2D eigenvalue weighted by Gasteiger charge is -2.12. The molecule has 4 heteroatoms. The zero-order valence-electron chi connectivity index (χ0n) is 9.41.